The van der Waals surface area contributed by atoms with E-state index in [1.54, 1.807) is 0 Å². The summed E-state index contributed by atoms with van der Waals surface area (Å²) in [6.07, 6.45) is 0. The van der Waals surface area contributed by atoms with Gasteiger partial charge in [0.25, 0.3) is 0 Å². The highest BCUT2D eigenvalue weighted by Crippen LogP contribution is 2.18. The predicted octanol–water partition coefficient (Wildman–Crippen LogP) is 2.88. The monoisotopic (exact) mass is 308 g/mol. The van der Waals surface area contributed by atoms with Crippen molar-refractivity contribution in [1.82, 2.24) is 0 Å². The maximum Gasteiger partial charge on any atom is 0.387 e. The summed E-state index contributed by atoms with van der Waals surface area (Å²) in [4.78, 5) is 11.3. The van der Waals surface area contributed by atoms with Gasteiger partial charge < -0.3 is 9.47 Å². The molecule has 1 rings (SSSR count). The first-order valence-electron chi connectivity index (χ1n) is 4.76. The molecule has 1 atom stereocenters. The average Bonchev–Trinajstić information content (AvgIpc) is 2.28. The van der Waals surface area contributed by atoms with Crippen molar-refractivity contribution in [3.63, 3.8) is 0 Å². The summed E-state index contributed by atoms with van der Waals surface area (Å²) >= 11 is 3.15. The van der Waals surface area contributed by atoms with Crippen molar-refractivity contribution in [3.05, 3.63) is 29.8 Å². The normalized spacial score (nSPS) is 12.5. The van der Waals surface area contributed by atoms with Gasteiger partial charge in [0, 0.05) is 12.7 Å². The molecule has 1 aromatic rings. The molecule has 0 aliphatic rings. The van der Waals surface area contributed by atoms with E-state index in [4.69, 9.17) is 4.74 Å². The average molecular weight is 309 g/mol. The molecule has 0 radical (unpaired) electrons. The zero-order valence-electron chi connectivity index (χ0n) is 9.03. The molecule has 0 bridgehead atoms. The Morgan fingerprint density at radius 3 is 2.76 bits per heavy atom. The number of carbonyl (C=O) groups is 1. The molecular weight excluding hydrogens is 298 g/mol. The number of ether oxygens (including phenoxy) is 2. The molecule has 0 saturated carbocycles. The third-order valence-corrected chi connectivity index (χ3v) is 2.62. The largest absolute Gasteiger partial charge is 0.435 e. The van der Waals surface area contributed by atoms with Crippen molar-refractivity contribution < 1.29 is 23.0 Å². The van der Waals surface area contributed by atoms with Gasteiger partial charge in [0.05, 0.1) is 6.61 Å². The Kier molecular flexibility index (Phi) is 5.50. The molecule has 17 heavy (non-hydrogen) atoms. The van der Waals surface area contributed by atoms with Crippen LogP contribution in [0.1, 0.15) is 10.4 Å². The first-order chi connectivity index (χ1) is 8.04. The second-order valence-electron chi connectivity index (χ2n) is 3.19. The van der Waals surface area contributed by atoms with Gasteiger partial charge in [0.15, 0.2) is 5.78 Å². The lowest BCUT2D eigenvalue weighted by molar-refractivity contribution is -0.0498. The van der Waals surface area contributed by atoms with Crippen molar-refractivity contribution in [3.8, 4) is 5.75 Å². The van der Waals surface area contributed by atoms with Crippen molar-refractivity contribution in [1.29, 1.82) is 0 Å². The second kappa shape index (κ2) is 6.66. The third-order valence-electron chi connectivity index (χ3n) is 1.94. The molecule has 1 aromatic carbocycles. The second-order valence-corrected chi connectivity index (χ2v) is 4.30. The van der Waals surface area contributed by atoms with E-state index in [0.29, 0.717) is 5.56 Å². The molecule has 1 unspecified atom stereocenters. The van der Waals surface area contributed by atoms with E-state index in [-0.39, 0.29) is 18.1 Å². The van der Waals surface area contributed by atoms with Crippen LogP contribution in [-0.2, 0) is 4.74 Å². The predicted molar refractivity (Wildman–Crippen MR) is 62.0 cm³/mol. The van der Waals surface area contributed by atoms with E-state index in [1.807, 2.05) is 0 Å². The molecular formula is C11H11BrF2O3. The molecule has 0 spiro atoms. The van der Waals surface area contributed by atoms with Crippen LogP contribution in [0.4, 0.5) is 8.78 Å². The van der Waals surface area contributed by atoms with Gasteiger partial charge in [0.2, 0.25) is 0 Å². The van der Waals surface area contributed by atoms with Gasteiger partial charge in [0.1, 0.15) is 10.6 Å². The van der Waals surface area contributed by atoms with Crippen LogP contribution >= 0.6 is 15.9 Å². The van der Waals surface area contributed by atoms with E-state index in [9.17, 15) is 13.6 Å². The Labute approximate surface area is 106 Å². The summed E-state index contributed by atoms with van der Waals surface area (Å²) in [6, 6.07) is 5.66. The number of carbonyl (C=O) groups excluding carboxylic acids is 1. The summed E-state index contributed by atoms with van der Waals surface area (Å²) in [5.74, 6) is -0.283. The van der Waals surface area contributed by atoms with Crippen LogP contribution in [-0.4, -0.2) is 30.9 Å². The minimum absolute atomic E-state index is 0.0389. The van der Waals surface area contributed by atoms with Crippen LogP contribution in [0.3, 0.4) is 0 Å². The SMILES string of the molecule is COCC(Br)C(=O)c1cccc(OC(F)F)c1. The first-order valence-corrected chi connectivity index (χ1v) is 5.68. The van der Waals surface area contributed by atoms with Crippen molar-refractivity contribution in [2.24, 2.45) is 0 Å². The summed E-state index contributed by atoms with van der Waals surface area (Å²) < 4.78 is 33.0. The Bertz CT molecular complexity index is 385. The topological polar surface area (TPSA) is 35.5 Å². The van der Waals surface area contributed by atoms with Crippen LogP contribution in [0, 0.1) is 0 Å². The van der Waals surface area contributed by atoms with Crippen LogP contribution in [0.25, 0.3) is 0 Å². The fourth-order valence-electron chi connectivity index (χ4n) is 1.23. The van der Waals surface area contributed by atoms with Gasteiger partial charge in [-0.05, 0) is 12.1 Å². The molecule has 0 aliphatic carbocycles. The standard InChI is InChI=1S/C11H11BrF2O3/c1-16-6-9(12)10(15)7-3-2-4-8(5-7)17-11(13)14/h2-5,9,11H,6H2,1H3. The first kappa shape index (κ1) is 14.1. The molecule has 0 heterocycles. The van der Waals surface area contributed by atoms with Gasteiger partial charge in [-0.25, -0.2) is 0 Å². The van der Waals surface area contributed by atoms with Gasteiger partial charge >= 0.3 is 6.61 Å². The maximum atomic E-state index is 12.0. The molecule has 6 heteroatoms. The Hall–Kier alpha value is -1.01. The van der Waals surface area contributed by atoms with E-state index < -0.39 is 11.4 Å². The Morgan fingerprint density at radius 1 is 1.47 bits per heavy atom. The summed E-state index contributed by atoms with van der Waals surface area (Å²) in [5.41, 5.74) is 0.294. The molecule has 0 fully saturated rings. The smallest absolute Gasteiger partial charge is 0.387 e. The Balaban J connectivity index is 2.80. The minimum Gasteiger partial charge on any atom is -0.435 e. The summed E-state index contributed by atoms with van der Waals surface area (Å²) in [6.45, 7) is -2.70. The number of hydrogen-bond donors (Lipinski definition) is 0. The number of methoxy groups -OCH3 is 1. The molecule has 0 N–H and O–H groups in total. The number of halogens is 3. The fraction of sp³-hybridized carbons (Fsp3) is 0.364. The van der Waals surface area contributed by atoms with Crippen molar-refractivity contribution in [2.75, 3.05) is 13.7 Å². The molecule has 94 valence electrons. The highest BCUT2D eigenvalue weighted by molar-refractivity contribution is 9.10. The third kappa shape index (κ3) is 4.40. The molecule has 0 amide bonds. The van der Waals surface area contributed by atoms with E-state index in [2.05, 4.69) is 20.7 Å². The zero-order chi connectivity index (χ0) is 12.8. The van der Waals surface area contributed by atoms with Crippen LogP contribution in [0.2, 0.25) is 0 Å². The van der Waals surface area contributed by atoms with Gasteiger partial charge in [-0.1, -0.05) is 28.1 Å². The highest BCUT2D eigenvalue weighted by Gasteiger charge is 2.17. The van der Waals surface area contributed by atoms with Crippen LogP contribution in [0.15, 0.2) is 24.3 Å². The Morgan fingerprint density at radius 2 is 2.18 bits per heavy atom. The molecule has 0 aromatic heterocycles. The number of ketones is 1. The number of benzene rings is 1. The van der Waals surface area contributed by atoms with E-state index in [1.165, 1.54) is 31.4 Å². The van der Waals surface area contributed by atoms with Gasteiger partial charge in [-0.15, -0.1) is 0 Å². The lowest BCUT2D eigenvalue weighted by Gasteiger charge is -2.09. The highest BCUT2D eigenvalue weighted by atomic mass is 79.9. The zero-order valence-corrected chi connectivity index (χ0v) is 10.6. The fourth-order valence-corrected chi connectivity index (χ4v) is 1.76. The van der Waals surface area contributed by atoms with Crippen LogP contribution in [0.5, 0.6) is 5.75 Å². The number of rotatable bonds is 6. The molecule has 3 nitrogen and oxygen atoms in total. The van der Waals surface area contributed by atoms with Crippen LogP contribution < -0.4 is 4.74 Å². The molecule has 0 aliphatic heterocycles. The summed E-state index contributed by atoms with van der Waals surface area (Å²) in [5, 5.41) is 0. The van der Waals surface area contributed by atoms with E-state index in [0.717, 1.165) is 0 Å². The summed E-state index contributed by atoms with van der Waals surface area (Å²) in [7, 11) is 1.47. The van der Waals surface area contributed by atoms with Crippen molar-refractivity contribution >= 4 is 21.7 Å². The maximum absolute atomic E-state index is 12.0. The van der Waals surface area contributed by atoms with Gasteiger partial charge in [-0.2, -0.15) is 8.78 Å². The lowest BCUT2D eigenvalue weighted by atomic mass is 10.1. The number of Topliss-reactive ketones (excluding diaryl/α,β-unsaturated/α-hetero) is 1. The minimum atomic E-state index is -2.90. The van der Waals surface area contributed by atoms with Gasteiger partial charge in [-0.3, -0.25) is 4.79 Å². The lowest BCUT2D eigenvalue weighted by Crippen LogP contribution is -2.19. The van der Waals surface area contributed by atoms with E-state index >= 15 is 0 Å². The number of hydrogen-bond acceptors (Lipinski definition) is 3. The van der Waals surface area contributed by atoms with Crippen molar-refractivity contribution in [2.45, 2.75) is 11.4 Å². The number of alkyl halides is 3. The quantitative estimate of drug-likeness (QED) is 0.599. The molecule has 0 saturated heterocycles.